The largest absolute Gasteiger partial charge is 0.394 e. The maximum Gasteiger partial charge on any atom is 0.186 e. The van der Waals surface area contributed by atoms with Crippen molar-refractivity contribution in [3.63, 3.8) is 0 Å². The van der Waals surface area contributed by atoms with Gasteiger partial charge in [0, 0.05) is 16.7 Å². The third-order valence-corrected chi connectivity index (χ3v) is 14.1. The number of aliphatic hydroxyl groups is 4. The highest BCUT2D eigenvalue weighted by molar-refractivity contribution is 5.33. The van der Waals surface area contributed by atoms with Gasteiger partial charge in [-0.25, -0.2) is 0 Å². The molecule has 6 rings (SSSR count). The lowest BCUT2D eigenvalue weighted by Gasteiger charge is -2.65. The second-order valence-electron chi connectivity index (χ2n) is 16.3. The van der Waals surface area contributed by atoms with Gasteiger partial charge in [-0.2, -0.15) is 0 Å². The molecular formula is C36H56O7. The van der Waals surface area contributed by atoms with Gasteiger partial charge in [0.15, 0.2) is 6.29 Å². The molecule has 0 radical (unpaired) electrons. The van der Waals surface area contributed by atoms with E-state index >= 15 is 0 Å². The van der Waals surface area contributed by atoms with Crippen LogP contribution >= 0.6 is 0 Å². The van der Waals surface area contributed by atoms with Crippen LogP contribution in [-0.4, -0.2) is 76.1 Å². The molecule has 4 aliphatic carbocycles. The van der Waals surface area contributed by atoms with Gasteiger partial charge in [0.25, 0.3) is 0 Å². The molecule has 2 bridgehead atoms. The van der Waals surface area contributed by atoms with E-state index < -0.39 is 48.3 Å². The smallest absolute Gasteiger partial charge is 0.186 e. The minimum Gasteiger partial charge on any atom is -0.394 e. The van der Waals surface area contributed by atoms with Crippen LogP contribution in [0.15, 0.2) is 36.5 Å². The van der Waals surface area contributed by atoms with Crippen LogP contribution in [0.2, 0.25) is 0 Å². The van der Waals surface area contributed by atoms with Gasteiger partial charge in [-0.05, 0) is 80.5 Å². The summed E-state index contributed by atoms with van der Waals surface area (Å²) >= 11 is 0. The maximum absolute atomic E-state index is 10.7. The average molecular weight is 601 g/mol. The van der Waals surface area contributed by atoms with Crippen LogP contribution in [0.4, 0.5) is 0 Å². The molecule has 0 unspecified atom stereocenters. The summed E-state index contributed by atoms with van der Waals surface area (Å²) < 4.78 is 19.2. The second kappa shape index (κ2) is 10.8. The third kappa shape index (κ3) is 4.32. The fourth-order valence-corrected chi connectivity index (χ4v) is 11.4. The summed E-state index contributed by atoms with van der Waals surface area (Å²) in [4.78, 5) is 0. The molecule has 242 valence electrons. The first-order valence-electron chi connectivity index (χ1n) is 16.8. The molecular weight excluding hydrogens is 544 g/mol. The fourth-order valence-electron chi connectivity index (χ4n) is 11.4. The highest BCUT2D eigenvalue weighted by atomic mass is 16.7. The lowest BCUT2D eigenvalue weighted by atomic mass is 9.38. The topological polar surface area (TPSA) is 109 Å². The van der Waals surface area contributed by atoms with E-state index in [2.05, 4.69) is 72.4 Å². The van der Waals surface area contributed by atoms with Crippen LogP contribution in [0, 0.1) is 45.3 Å². The van der Waals surface area contributed by atoms with E-state index in [1.54, 1.807) is 0 Å². The SMILES string of the molecule is C=C(C)/C=C/C[C@@H](C)[C@H]1CC[C@@]2(C)[C@@H]3C=C[C@]45OC[C@]3(CC[C@]12C)[C@@H]4CC[C@H](O[C@@H]1O[C@H](CO)[C@@H](O)[C@@H](O)[C@H]1O)C5(C)C. The molecule has 4 N–H and O–H groups in total. The first-order valence-corrected chi connectivity index (χ1v) is 16.8. The number of rotatable bonds is 7. The van der Waals surface area contributed by atoms with Crippen molar-refractivity contribution in [1.82, 2.24) is 0 Å². The Kier molecular flexibility index (Phi) is 7.98. The maximum atomic E-state index is 10.7. The van der Waals surface area contributed by atoms with E-state index in [9.17, 15) is 20.4 Å². The molecule has 2 aliphatic heterocycles. The van der Waals surface area contributed by atoms with Gasteiger partial charge in [0.05, 0.1) is 24.9 Å². The number of ether oxygens (including phenoxy) is 3. The first-order chi connectivity index (χ1) is 20.2. The van der Waals surface area contributed by atoms with Gasteiger partial charge in [0.1, 0.15) is 24.4 Å². The van der Waals surface area contributed by atoms with Gasteiger partial charge in [-0.3, -0.25) is 0 Å². The summed E-state index contributed by atoms with van der Waals surface area (Å²) in [5, 5.41) is 41.0. The summed E-state index contributed by atoms with van der Waals surface area (Å²) in [5.41, 5.74) is 0.805. The Balaban J connectivity index is 1.26. The number of hydrogen-bond donors (Lipinski definition) is 4. The molecule has 7 heteroatoms. The molecule has 2 saturated heterocycles. The Morgan fingerprint density at radius 2 is 1.77 bits per heavy atom. The molecule has 0 aromatic rings. The van der Waals surface area contributed by atoms with Gasteiger partial charge in [-0.1, -0.05) is 71.1 Å². The Labute approximate surface area is 258 Å². The molecule has 0 aromatic carbocycles. The zero-order chi connectivity index (χ0) is 31.2. The molecule has 0 aromatic heterocycles. The zero-order valence-electron chi connectivity index (χ0n) is 27.2. The quantitative estimate of drug-likeness (QED) is 0.243. The van der Waals surface area contributed by atoms with E-state index in [1.807, 2.05) is 0 Å². The second-order valence-corrected chi connectivity index (χ2v) is 16.3. The van der Waals surface area contributed by atoms with Gasteiger partial charge in [-0.15, -0.1) is 0 Å². The highest BCUT2D eigenvalue weighted by Gasteiger charge is 2.75. The van der Waals surface area contributed by atoms with E-state index in [-0.39, 0.29) is 22.3 Å². The lowest BCUT2D eigenvalue weighted by molar-refractivity contribution is -0.329. The van der Waals surface area contributed by atoms with E-state index in [0.29, 0.717) is 23.7 Å². The zero-order valence-corrected chi connectivity index (χ0v) is 27.2. The van der Waals surface area contributed by atoms with E-state index in [4.69, 9.17) is 14.2 Å². The van der Waals surface area contributed by atoms with Crippen molar-refractivity contribution < 1.29 is 34.6 Å². The molecule has 43 heavy (non-hydrogen) atoms. The Bertz CT molecular complexity index is 1150. The number of aliphatic hydroxyl groups excluding tert-OH is 4. The van der Waals surface area contributed by atoms with Crippen molar-refractivity contribution >= 4 is 0 Å². The predicted octanol–water partition coefficient (Wildman–Crippen LogP) is 4.92. The minimum atomic E-state index is -1.45. The summed E-state index contributed by atoms with van der Waals surface area (Å²) in [6.07, 6.45) is 10.5. The number of hydrogen-bond acceptors (Lipinski definition) is 7. The standard InChI is InChI=1S/C36H56O7/c1-21(2)9-8-10-22(3)23-13-15-34(7)25-14-16-36-26(35(25,20-41-36)18-17-33(23,34)6)11-12-27(32(36,4)5)43-31-30(40)29(39)28(38)24(19-37)42-31/h8-9,14,16,22-31,37-40H,1,10-13,15,17-20H2,2-7H3/b9-8+/t22-,23-,24-,25+,26+,27+,28-,29-,30-,31+,33-,34+,35+,36+/m1/s1. The third-order valence-electron chi connectivity index (χ3n) is 14.1. The summed E-state index contributed by atoms with van der Waals surface area (Å²) in [6.45, 7) is 18.4. The molecule has 0 amide bonds. The fraction of sp³-hybridized carbons (Fsp3) is 0.833. The van der Waals surface area contributed by atoms with E-state index in [0.717, 1.165) is 31.4 Å². The molecule has 2 heterocycles. The van der Waals surface area contributed by atoms with Crippen molar-refractivity contribution in [3.05, 3.63) is 36.5 Å². The highest BCUT2D eigenvalue weighted by Crippen LogP contribution is 2.77. The molecule has 3 saturated carbocycles. The van der Waals surface area contributed by atoms with Crippen LogP contribution in [0.1, 0.15) is 86.5 Å². The van der Waals surface area contributed by atoms with Crippen LogP contribution < -0.4 is 0 Å². The van der Waals surface area contributed by atoms with Crippen LogP contribution in [0.25, 0.3) is 0 Å². The normalized spacial score (nSPS) is 52.5. The Morgan fingerprint density at radius 1 is 1.02 bits per heavy atom. The molecule has 7 nitrogen and oxygen atoms in total. The van der Waals surface area contributed by atoms with Crippen LogP contribution in [0.3, 0.4) is 0 Å². The Hall–Kier alpha value is -1.06. The first kappa shape index (κ1) is 31.9. The van der Waals surface area contributed by atoms with Crippen molar-refractivity contribution in [3.8, 4) is 0 Å². The molecule has 6 aliphatic rings. The van der Waals surface area contributed by atoms with Crippen molar-refractivity contribution in [2.45, 2.75) is 129 Å². The van der Waals surface area contributed by atoms with Crippen LogP contribution in [0.5, 0.6) is 0 Å². The average Bonchev–Trinajstić information content (AvgIpc) is 3.35. The van der Waals surface area contributed by atoms with Crippen molar-refractivity contribution in [2.24, 2.45) is 45.3 Å². The van der Waals surface area contributed by atoms with Crippen molar-refractivity contribution in [1.29, 1.82) is 0 Å². The molecule has 14 atom stereocenters. The number of allylic oxidation sites excluding steroid dienone is 4. The minimum absolute atomic E-state index is 0.104. The molecule has 5 fully saturated rings. The van der Waals surface area contributed by atoms with Gasteiger partial charge in [0.2, 0.25) is 0 Å². The summed E-state index contributed by atoms with van der Waals surface area (Å²) in [6, 6.07) is 0. The summed E-state index contributed by atoms with van der Waals surface area (Å²) in [7, 11) is 0. The molecule has 1 spiro atoms. The summed E-state index contributed by atoms with van der Waals surface area (Å²) in [5.74, 6) is 2.19. The lowest BCUT2D eigenvalue weighted by Crippen LogP contribution is -2.66. The Morgan fingerprint density at radius 3 is 2.47 bits per heavy atom. The van der Waals surface area contributed by atoms with Crippen LogP contribution in [-0.2, 0) is 14.2 Å². The van der Waals surface area contributed by atoms with Crippen molar-refractivity contribution in [2.75, 3.05) is 13.2 Å². The van der Waals surface area contributed by atoms with Gasteiger partial charge >= 0.3 is 0 Å². The van der Waals surface area contributed by atoms with Gasteiger partial charge < -0.3 is 34.6 Å². The monoisotopic (exact) mass is 600 g/mol. The predicted molar refractivity (Wildman–Crippen MR) is 165 cm³/mol. The van der Waals surface area contributed by atoms with E-state index in [1.165, 1.54) is 25.7 Å². The number of fused-ring (bicyclic) bond motifs is 2.